The topological polar surface area (TPSA) is 71.8 Å². The van der Waals surface area contributed by atoms with Gasteiger partial charge in [-0.3, -0.25) is 4.57 Å². The highest BCUT2D eigenvalue weighted by Crippen LogP contribution is 2.28. The van der Waals surface area contributed by atoms with Gasteiger partial charge in [0.05, 0.1) is 6.04 Å². The van der Waals surface area contributed by atoms with Crippen LogP contribution in [0.25, 0.3) is 5.69 Å². The van der Waals surface area contributed by atoms with Gasteiger partial charge in [0.15, 0.2) is 11.0 Å². The van der Waals surface area contributed by atoms with Gasteiger partial charge in [0, 0.05) is 17.1 Å². The lowest BCUT2D eigenvalue weighted by Crippen LogP contribution is -2.32. The number of urea groups is 1. The minimum atomic E-state index is -0.353. The fraction of sp³-hybridized carbons (Fsp3) is 0.222. The van der Waals surface area contributed by atoms with Crippen LogP contribution in [0, 0.1) is 6.92 Å². The second kappa shape index (κ2) is 11.0. The number of amides is 2. The highest BCUT2D eigenvalue weighted by atomic mass is 32.2. The Bertz CT molecular complexity index is 1240. The maximum atomic E-state index is 12.8. The number of hydrogen-bond acceptors (Lipinski definition) is 4. The molecule has 1 unspecified atom stereocenters. The number of nitrogens with one attached hydrogen (secondary N) is 2. The van der Waals surface area contributed by atoms with E-state index >= 15 is 0 Å². The second-order valence-corrected chi connectivity index (χ2v) is 9.06. The molecule has 3 aromatic carbocycles. The summed E-state index contributed by atoms with van der Waals surface area (Å²) in [5.41, 5.74) is 5.26. The van der Waals surface area contributed by atoms with Crippen LogP contribution < -0.4 is 10.6 Å². The van der Waals surface area contributed by atoms with Gasteiger partial charge in [0.25, 0.3) is 0 Å². The number of aryl methyl sites for hydroxylation is 2. The van der Waals surface area contributed by atoms with E-state index in [9.17, 15) is 4.79 Å². The molecule has 0 aliphatic carbocycles. The van der Waals surface area contributed by atoms with Crippen molar-refractivity contribution in [1.82, 2.24) is 20.1 Å². The number of rotatable bonds is 8. The van der Waals surface area contributed by atoms with Gasteiger partial charge < -0.3 is 10.6 Å². The van der Waals surface area contributed by atoms with E-state index in [4.69, 9.17) is 0 Å². The first kappa shape index (κ1) is 23.6. The summed E-state index contributed by atoms with van der Waals surface area (Å²) in [5, 5.41) is 15.7. The van der Waals surface area contributed by atoms with Crippen LogP contribution in [0.1, 0.15) is 42.4 Å². The van der Waals surface area contributed by atoms with E-state index in [0.717, 1.165) is 34.3 Å². The fourth-order valence-electron chi connectivity index (χ4n) is 3.68. The van der Waals surface area contributed by atoms with E-state index < -0.39 is 0 Å². The highest BCUT2D eigenvalue weighted by Gasteiger charge is 2.21. The standard InChI is InChI=1S/C27H29N5OS/c1-4-22-12-8-9-13-24(22)29-26(33)28-20(3)25-30-31-27(34-18-21-10-6-5-7-11-21)32(25)23-16-14-19(2)15-17-23/h5-17,20H,4,18H2,1-3H3,(H2,28,29,33). The number of benzene rings is 3. The van der Waals surface area contributed by atoms with Crippen LogP contribution in [-0.4, -0.2) is 20.8 Å². The first-order chi connectivity index (χ1) is 16.5. The van der Waals surface area contributed by atoms with Crippen LogP contribution in [0.5, 0.6) is 0 Å². The molecule has 7 heteroatoms. The third-order valence-electron chi connectivity index (χ3n) is 5.54. The summed E-state index contributed by atoms with van der Waals surface area (Å²) < 4.78 is 2.03. The van der Waals surface area contributed by atoms with Gasteiger partial charge in [0.1, 0.15) is 0 Å². The van der Waals surface area contributed by atoms with Crippen LogP contribution >= 0.6 is 11.8 Å². The van der Waals surface area contributed by atoms with Gasteiger partial charge in [-0.25, -0.2) is 4.79 Å². The third-order valence-corrected chi connectivity index (χ3v) is 6.54. The molecule has 0 bridgehead atoms. The molecular formula is C27H29N5OS. The van der Waals surface area contributed by atoms with E-state index in [-0.39, 0.29) is 12.1 Å². The minimum absolute atomic E-state index is 0.273. The SMILES string of the molecule is CCc1ccccc1NC(=O)NC(C)c1nnc(SCc2ccccc2)n1-c1ccc(C)cc1. The predicted molar refractivity (Wildman–Crippen MR) is 138 cm³/mol. The Balaban J connectivity index is 1.56. The van der Waals surface area contributed by atoms with Crippen LogP contribution in [0.4, 0.5) is 10.5 Å². The molecule has 0 aliphatic heterocycles. The van der Waals surface area contributed by atoms with E-state index in [0.29, 0.717) is 5.82 Å². The van der Waals surface area contributed by atoms with Gasteiger partial charge in [0.2, 0.25) is 0 Å². The van der Waals surface area contributed by atoms with Gasteiger partial charge in [-0.15, -0.1) is 10.2 Å². The lowest BCUT2D eigenvalue weighted by molar-refractivity contribution is 0.248. The molecule has 6 nitrogen and oxygen atoms in total. The summed E-state index contributed by atoms with van der Waals surface area (Å²) in [7, 11) is 0. The number of aromatic nitrogens is 3. The largest absolute Gasteiger partial charge is 0.328 e. The van der Waals surface area contributed by atoms with Crippen molar-refractivity contribution in [2.45, 2.75) is 44.1 Å². The maximum absolute atomic E-state index is 12.8. The smallest absolute Gasteiger partial charge is 0.319 e. The molecule has 4 rings (SSSR count). The zero-order valence-electron chi connectivity index (χ0n) is 19.7. The normalized spacial score (nSPS) is 11.7. The number of thioether (sulfide) groups is 1. The molecule has 0 saturated carbocycles. The summed E-state index contributed by atoms with van der Waals surface area (Å²) in [4.78, 5) is 12.8. The Morgan fingerprint density at radius 1 is 0.971 bits per heavy atom. The van der Waals surface area contributed by atoms with Crippen molar-refractivity contribution >= 4 is 23.5 Å². The van der Waals surface area contributed by atoms with Crippen molar-refractivity contribution in [2.75, 3.05) is 5.32 Å². The summed E-state index contributed by atoms with van der Waals surface area (Å²) in [6.07, 6.45) is 0.843. The average Bonchev–Trinajstić information content (AvgIpc) is 3.28. The maximum Gasteiger partial charge on any atom is 0.319 e. The Hall–Kier alpha value is -3.58. The minimum Gasteiger partial charge on any atom is -0.328 e. The third kappa shape index (κ3) is 5.66. The number of carbonyl (C=O) groups excluding carboxylic acids is 1. The van der Waals surface area contributed by atoms with Crippen LogP contribution in [0.2, 0.25) is 0 Å². The zero-order valence-corrected chi connectivity index (χ0v) is 20.5. The first-order valence-corrected chi connectivity index (χ1v) is 12.4. The molecule has 34 heavy (non-hydrogen) atoms. The lowest BCUT2D eigenvalue weighted by atomic mass is 10.1. The summed E-state index contributed by atoms with van der Waals surface area (Å²) in [6, 6.07) is 25.7. The van der Waals surface area contributed by atoms with Gasteiger partial charge in [-0.1, -0.05) is 84.9 Å². The van der Waals surface area contributed by atoms with Gasteiger partial charge in [-0.2, -0.15) is 0 Å². The Morgan fingerprint density at radius 3 is 2.41 bits per heavy atom. The molecular weight excluding hydrogens is 442 g/mol. The quantitative estimate of drug-likeness (QED) is 0.295. The zero-order chi connectivity index (χ0) is 23.9. The van der Waals surface area contributed by atoms with Crippen LogP contribution in [0.15, 0.2) is 84.0 Å². The van der Waals surface area contributed by atoms with Gasteiger partial charge in [-0.05, 0) is 49.6 Å². The van der Waals surface area contributed by atoms with E-state index in [2.05, 4.69) is 71.1 Å². The van der Waals surface area contributed by atoms with Crippen molar-refractivity contribution in [2.24, 2.45) is 0 Å². The van der Waals surface area contributed by atoms with Crippen molar-refractivity contribution < 1.29 is 4.79 Å². The first-order valence-electron chi connectivity index (χ1n) is 11.4. The summed E-state index contributed by atoms with van der Waals surface area (Å²) >= 11 is 1.62. The second-order valence-electron chi connectivity index (χ2n) is 8.12. The molecule has 1 heterocycles. The Labute approximate surface area is 204 Å². The van der Waals surface area contributed by atoms with Crippen molar-refractivity contribution in [3.8, 4) is 5.69 Å². The number of hydrogen-bond donors (Lipinski definition) is 2. The highest BCUT2D eigenvalue weighted by molar-refractivity contribution is 7.98. The molecule has 1 aromatic heterocycles. The van der Waals surface area contributed by atoms with Crippen molar-refractivity contribution in [1.29, 1.82) is 0 Å². The Kier molecular flexibility index (Phi) is 7.65. The molecule has 0 fully saturated rings. The summed E-state index contributed by atoms with van der Waals surface area (Å²) in [6.45, 7) is 6.05. The number of carbonyl (C=O) groups is 1. The van der Waals surface area contributed by atoms with E-state index in [1.54, 1.807) is 11.8 Å². The number of para-hydroxylation sites is 1. The molecule has 0 saturated heterocycles. The average molecular weight is 472 g/mol. The Morgan fingerprint density at radius 2 is 1.68 bits per heavy atom. The lowest BCUT2D eigenvalue weighted by Gasteiger charge is -2.17. The molecule has 1 atom stereocenters. The molecule has 174 valence electrons. The fourth-order valence-corrected chi connectivity index (χ4v) is 4.60. The van der Waals surface area contributed by atoms with E-state index in [1.165, 1.54) is 11.1 Å². The molecule has 2 amide bonds. The van der Waals surface area contributed by atoms with Crippen LogP contribution in [-0.2, 0) is 12.2 Å². The van der Waals surface area contributed by atoms with Crippen molar-refractivity contribution in [3.63, 3.8) is 0 Å². The number of nitrogens with zero attached hydrogens (tertiary/aromatic N) is 3. The molecule has 0 radical (unpaired) electrons. The van der Waals surface area contributed by atoms with E-state index in [1.807, 2.05) is 54.0 Å². The van der Waals surface area contributed by atoms with Crippen molar-refractivity contribution in [3.05, 3.63) is 101 Å². The van der Waals surface area contributed by atoms with Crippen LogP contribution in [0.3, 0.4) is 0 Å². The molecule has 0 spiro atoms. The predicted octanol–water partition coefficient (Wildman–Crippen LogP) is 6.31. The number of anilines is 1. The molecule has 0 aliphatic rings. The molecule has 2 N–H and O–H groups in total. The monoisotopic (exact) mass is 471 g/mol. The van der Waals surface area contributed by atoms with Gasteiger partial charge >= 0.3 is 6.03 Å². The molecule has 4 aromatic rings. The summed E-state index contributed by atoms with van der Waals surface area (Å²) in [5.74, 6) is 1.46.